The minimum absolute atomic E-state index is 0.0246. The van der Waals surface area contributed by atoms with Crippen molar-refractivity contribution in [1.29, 1.82) is 0 Å². The van der Waals surface area contributed by atoms with Crippen LogP contribution in [-0.2, 0) is 11.3 Å². The number of anilines is 1. The summed E-state index contributed by atoms with van der Waals surface area (Å²) in [6.45, 7) is 3.93. The number of benzene rings is 2. The third-order valence-corrected chi connectivity index (χ3v) is 4.69. The minimum Gasteiger partial charge on any atom is -0.494 e. The van der Waals surface area contributed by atoms with E-state index in [2.05, 4.69) is 5.32 Å². The molecule has 2 aromatic carbocycles. The van der Waals surface area contributed by atoms with Gasteiger partial charge in [0.05, 0.1) is 6.61 Å². The van der Waals surface area contributed by atoms with Gasteiger partial charge in [-0.2, -0.15) is 0 Å². The Morgan fingerprint density at radius 3 is 2.59 bits per heavy atom. The number of amides is 3. The van der Waals surface area contributed by atoms with Crippen molar-refractivity contribution < 1.29 is 14.3 Å². The van der Waals surface area contributed by atoms with E-state index in [1.165, 1.54) is 0 Å². The first-order chi connectivity index (χ1) is 13.1. The van der Waals surface area contributed by atoms with Crippen LogP contribution in [0.3, 0.4) is 0 Å². The predicted octanol–water partition coefficient (Wildman–Crippen LogP) is 3.30. The number of rotatable bonds is 7. The van der Waals surface area contributed by atoms with Crippen molar-refractivity contribution in [2.45, 2.75) is 13.5 Å². The van der Waals surface area contributed by atoms with E-state index < -0.39 is 0 Å². The second-order valence-corrected chi connectivity index (χ2v) is 6.56. The van der Waals surface area contributed by atoms with Crippen molar-refractivity contribution in [3.05, 3.63) is 59.1 Å². The lowest BCUT2D eigenvalue weighted by atomic mass is 10.2. The molecule has 0 saturated carbocycles. The molecule has 0 spiro atoms. The van der Waals surface area contributed by atoms with Crippen LogP contribution in [0.4, 0.5) is 10.5 Å². The maximum atomic E-state index is 12.6. The highest BCUT2D eigenvalue weighted by atomic mass is 35.5. The molecule has 1 saturated heterocycles. The van der Waals surface area contributed by atoms with Crippen LogP contribution >= 0.6 is 11.6 Å². The molecule has 27 heavy (non-hydrogen) atoms. The van der Waals surface area contributed by atoms with Gasteiger partial charge in [0.1, 0.15) is 12.3 Å². The lowest BCUT2D eigenvalue weighted by Gasteiger charge is -2.19. The summed E-state index contributed by atoms with van der Waals surface area (Å²) in [6, 6.07) is 14.5. The van der Waals surface area contributed by atoms with Crippen molar-refractivity contribution in [2.75, 3.05) is 31.1 Å². The summed E-state index contributed by atoms with van der Waals surface area (Å²) < 4.78 is 5.42. The predicted molar refractivity (Wildman–Crippen MR) is 105 cm³/mol. The Bertz CT molecular complexity index is 810. The third-order valence-electron chi connectivity index (χ3n) is 4.32. The normalized spacial score (nSPS) is 13.8. The van der Waals surface area contributed by atoms with Gasteiger partial charge in [0.15, 0.2) is 0 Å². The quantitative estimate of drug-likeness (QED) is 0.792. The molecule has 1 aliphatic rings. The molecule has 0 unspecified atom stereocenters. The highest BCUT2D eigenvalue weighted by Gasteiger charge is 2.30. The fourth-order valence-corrected chi connectivity index (χ4v) is 3.13. The van der Waals surface area contributed by atoms with Gasteiger partial charge in [-0.05, 0) is 42.8 Å². The molecule has 1 N–H and O–H groups in total. The van der Waals surface area contributed by atoms with E-state index in [1.54, 1.807) is 15.9 Å². The van der Waals surface area contributed by atoms with E-state index >= 15 is 0 Å². The van der Waals surface area contributed by atoms with Crippen LogP contribution in [0.25, 0.3) is 0 Å². The number of hydrogen-bond donors (Lipinski definition) is 1. The van der Waals surface area contributed by atoms with Crippen LogP contribution in [0.15, 0.2) is 48.5 Å². The standard InChI is InChI=1S/C20H22ClN3O3/c1-2-27-17-9-7-16(8-10-17)24-12-11-23(20(24)26)14-19(25)22-13-15-5-3-4-6-18(15)21/h3-10H,2,11-14H2,1H3,(H,22,25). The van der Waals surface area contributed by atoms with Crippen LogP contribution in [0.1, 0.15) is 12.5 Å². The lowest BCUT2D eigenvalue weighted by Crippen LogP contribution is -2.39. The van der Waals surface area contributed by atoms with Crippen LogP contribution in [0.2, 0.25) is 5.02 Å². The average Bonchev–Trinajstić information content (AvgIpc) is 3.02. The summed E-state index contributed by atoms with van der Waals surface area (Å²) in [4.78, 5) is 28.0. The number of urea groups is 1. The summed E-state index contributed by atoms with van der Waals surface area (Å²) in [5, 5.41) is 3.42. The maximum absolute atomic E-state index is 12.6. The molecule has 142 valence electrons. The van der Waals surface area contributed by atoms with Crippen LogP contribution in [0, 0.1) is 0 Å². The molecule has 0 bridgehead atoms. The van der Waals surface area contributed by atoms with Gasteiger partial charge < -0.3 is 15.0 Å². The fraction of sp³-hybridized carbons (Fsp3) is 0.300. The molecule has 1 heterocycles. The number of carbonyl (C=O) groups excluding carboxylic acids is 2. The van der Waals surface area contributed by atoms with Gasteiger partial charge in [-0.1, -0.05) is 29.8 Å². The zero-order valence-corrected chi connectivity index (χ0v) is 15.9. The monoisotopic (exact) mass is 387 g/mol. The topological polar surface area (TPSA) is 61.9 Å². The Balaban J connectivity index is 1.53. The van der Waals surface area contributed by atoms with Crippen molar-refractivity contribution in [3.8, 4) is 5.75 Å². The van der Waals surface area contributed by atoms with Crippen molar-refractivity contribution in [1.82, 2.24) is 10.2 Å². The molecule has 3 rings (SSSR count). The van der Waals surface area contributed by atoms with Gasteiger partial charge in [0.2, 0.25) is 5.91 Å². The van der Waals surface area contributed by atoms with Crippen molar-refractivity contribution in [3.63, 3.8) is 0 Å². The number of ether oxygens (including phenoxy) is 1. The molecular weight excluding hydrogens is 366 g/mol. The Kier molecular flexibility index (Phi) is 6.19. The van der Waals surface area contributed by atoms with Gasteiger partial charge >= 0.3 is 6.03 Å². The second kappa shape index (κ2) is 8.77. The molecule has 0 atom stereocenters. The van der Waals surface area contributed by atoms with Crippen LogP contribution in [-0.4, -0.2) is 43.1 Å². The summed E-state index contributed by atoms with van der Waals surface area (Å²) in [5.74, 6) is 0.556. The lowest BCUT2D eigenvalue weighted by molar-refractivity contribution is -0.121. The van der Waals surface area contributed by atoms with E-state index in [-0.39, 0.29) is 18.5 Å². The number of nitrogens with zero attached hydrogens (tertiary/aromatic N) is 2. The van der Waals surface area contributed by atoms with E-state index in [0.29, 0.717) is 31.3 Å². The zero-order chi connectivity index (χ0) is 19.2. The molecule has 0 radical (unpaired) electrons. The van der Waals surface area contributed by atoms with Gasteiger partial charge in [-0.25, -0.2) is 4.79 Å². The van der Waals surface area contributed by atoms with Gasteiger partial charge in [-0.3, -0.25) is 9.69 Å². The van der Waals surface area contributed by atoms with Crippen LogP contribution < -0.4 is 15.0 Å². The van der Waals surface area contributed by atoms with Gasteiger partial charge in [0, 0.05) is 30.3 Å². The Morgan fingerprint density at radius 1 is 1.15 bits per heavy atom. The number of carbonyl (C=O) groups is 2. The third kappa shape index (κ3) is 4.71. The smallest absolute Gasteiger partial charge is 0.325 e. The highest BCUT2D eigenvalue weighted by Crippen LogP contribution is 2.23. The van der Waals surface area contributed by atoms with Gasteiger partial charge in [-0.15, -0.1) is 0 Å². The van der Waals surface area contributed by atoms with E-state index in [0.717, 1.165) is 17.0 Å². The molecule has 7 heteroatoms. The second-order valence-electron chi connectivity index (χ2n) is 6.15. The maximum Gasteiger partial charge on any atom is 0.325 e. The molecule has 3 amide bonds. The average molecular weight is 388 g/mol. The number of nitrogens with one attached hydrogen (secondary N) is 1. The molecule has 2 aromatic rings. The largest absolute Gasteiger partial charge is 0.494 e. The summed E-state index contributed by atoms with van der Waals surface area (Å²) in [6.07, 6.45) is 0. The summed E-state index contributed by atoms with van der Waals surface area (Å²) >= 11 is 6.09. The molecule has 6 nitrogen and oxygen atoms in total. The highest BCUT2D eigenvalue weighted by molar-refractivity contribution is 6.31. The van der Waals surface area contributed by atoms with E-state index in [9.17, 15) is 9.59 Å². The summed E-state index contributed by atoms with van der Waals surface area (Å²) in [7, 11) is 0. The van der Waals surface area contributed by atoms with Crippen molar-refractivity contribution >= 4 is 29.2 Å². The molecule has 1 fully saturated rings. The Hall–Kier alpha value is -2.73. The van der Waals surface area contributed by atoms with Crippen LogP contribution in [0.5, 0.6) is 5.75 Å². The first kappa shape index (κ1) is 19.0. The van der Waals surface area contributed by atoms with Gasteiger partial charge in [0.25, 0.3) is 0 Å². The van der Waals surface area contributed by atoms with E-state index in [4.69, 9.17) is 16.3 Å². The Morgan fingerprint density at radius 2 is 1.89 bits per heavy atom. The minimum atomic E-state index is -0.211. The number of hydrogen-bond acceptors (Lipinski definition) is 3. The SMILES string of the molecule is CCOc1ccc(N2CCN(CC(=O)NCc3ccccc3Cl)C2=O)cc1. The summed E-state index contributed by atoms with van der Waals surface area (Å²) in [5.41, 5.74) is 1.64. The molecule has 0 aliphatic carbocycles. The number of halogens is 1. The Labute approximate surface area is 163 Å². The van der Waals surface area contributed by atoms with E-state index in [1.807, 2.05) is 49.4 Å². The molecular formula is C20H22ClN3O3. The van der Waals surface area contributed by atoms with Crippen molar-refractivity contribution in [2.24, 2.45) is 0 Å². The fourth-order valence-electron chi connectivity index (χ4n) is 2.92. The molecule has 0 aromatic heterocycles. The zero-order valence-electron chi connectivity index (χ0n) is 15.2. The first-order valence-electron chi connectivity index (χ1n) is 8.88. The molecule has 1 aliphatic heterocycles. The first-order valence-corrected chi connectivity index (χ1v) is 9.25.